The zero-order valence-corrected chi connectivity index (χ0v) is 7.14. The van der Waals surface area contributed by atoms with Crippen LogP contribution in [0.4, 0.5) is 5.69 Å². The molecular weight excluding hydrogens is 173 g/mol. The fourth-order valence-corrected chi connectivity index (χ4v) is 0.853. The van der Waals surface area contributed by atoms with E-state index in [2.05, 4.69) is 11.9 Å². The highest BCUT2D eigenvalue weighted by atomic mass is 35.5. The second kappa shape index (κ2) is 3.93. The van der Waals surface area contributed by atoms with Crippen molar-refractivity contribution in [3.8, 4) is 0 Å². The lowest BCUT2D eigenvalue weighted by Gasteiger charge is -2.00. The Morgan fingerprint density at radius 3 is 2.50 bits per heavy atom. The fraction of sp³-hybridized carbons (Fsp3) is 0. The van der Waals surface area contributed by atoms with Gasteiger partial charge in [-0.2, -0.15) is 0 Å². The number of benzene rings is 1. The molecule has 2 nitrogen and oxygen atoms in total. The average Bonchev–Trinajstić information content (AvgIpc) is 2.09. The Bertz CT molecular complexity index is 292. The number of rotatable bonds is 2. The molecule has 1 aromatic carbocycles. The molecule has 1 amide bonds. The molecule has 12 heavy (non-hydrogen) atoms. The van der Waals surface area contributed by atoms with Crippen LogP contribution in [0.3, 0.4) is 0 Å². The van der Waals surface area contributed by atoms with E-state index >= 15 is 0 Å². The Labute approximate surface area is 75.9 Å². The van der Waals surface area contributed by atoms with E-state index in [1.807, 2.05) is 0 Å². The first-order valence-electron chi connectivity index (χ1n) is 3.41. The van der Waals surface area contributed by atoms with E-state index in [9.17, 15) is 4.79 Å². The normalized spacial score (nSPS) is 9.08. The molecule has 0 spiro atoms. The van der Waals surface area contributed by atoms with Crippen LogP contribution < -0.4 is 5.32 Å². The van der Waals surface area contributed by atoms with E-state index in [4.69, 9.17) is 11.6 Å². The minimum Gasteiger partial charge on any atom is -0.323 e. The van der Waals surface area contributed by atoms with E-state index in [1.165, 1.54) is 6.08 Å². The quantitative estimate of drug-likeness (QED) is 0.696. The molecule has 0 radical (unpaired) electrons. The Kier molecular flexibility index (Phi) is 2.88. The SMILES string of the molecule is C=C[11C](=O)Nc1ccc(Cl)cc1. The van der Waals surface area contributed by atoms with E-state index in [1.54, 1.807) is 24.3 Å². The van der Waals surface area contributed by atoms with Crippen molar-refractivity contribution < 1.29 is 4.79 Å². The predicted octanol–water partition coefficient (Wildman–Crippen LogP) is 2.46. The van der Waals surface area contributed by atoms with Crippen LogP contribution in [-0.4, -0.2) is 5.91 Å². The van der Waals surface area contributed by atoms with Crippen molar-refractivity contribution in [3.05, 3.63) is 41.9 Å². The largest absolute Gasteiger partial charge is 0.323 e. The number of nitrogens with one attached hydrogen (secondary N) is 1. The van der Waals surface area contributed by atoms with E-state index in [0.717, 1.165) is 0 Å². The number of carbonyl (C=O) groups is 1. The molecule has 0 aromatic heterocycles. The van der Waals surface area contributed by atoms with Crippen LogP contribution >= 0.6 is 11.6 Å². The molecule has 0 saturated carbocycles. The Hall–Kier alpha value is -1.28. The van der Waals surface area contributed by atoms with Crippen molar-refractivity contribution in [2.45, 2.75) is 0 Å². The third kappa shape index (κ3) is 2.40. The summed E-state index contributed by atoms with van der Waals surface area (Å²) in [5, 5.41) is 3.25. The molecule has 0 atom stereocenters. The van der Waals surface area contributed by atoms with Crippen LogP contribution in [0.2, 0.25) is 5.02 Å². The molecule has 1 N–H and O–H groups in total. The highest BCUT2D eigenvalue weighted by Gasteiger charge is 1.95. The standard InChI is InChI=1S/C9H8ClNO/c1-2-9(12)11-8-5-3-7(10)4-6-8/h2-6H,1H2,(H,11,12)/i9-1. The van der Waals surface area contributed by atoms with Gasteiger partial charge in [0.05, 0.1) is 0 Å². The number of carbonyl (C=O) groups excluding carboxylic acids is 1. The topological polar surface area (TPSA) is 29.1 Å². The van der Waals surface area contributed by atoms with Gasteiger partial charge in [0.2, 0.25) is 5.91 Å². The smallest absolute Gasteiger partial charge is 0.247 e. The summed E-state index contributed by atoms with van der Waals surface area (Å²) >= 11 is 5.65. The van der Waals surface area contributed by atoms with Crippen LogP contribution in [-0.2, 0) is 4.79 Å². The summed E-state index contributed by atoms with van der Waals surface area (Å²) in [5.41, 5.74) is 0.712. The van der Waals surface area contributed by atoms with Gasteiger partial charge in [0.25, 0.3) is 0 Å². The molecule has 0 aliphatic heterocycles. The summed E-state index contributed by atoms with van der Waals surface area (Å²) in [6.07, 6.45) is 1.22. The monoisotopic (exact) mass is 180 g/mol. The molecule has 0 bridgehead atoms. The number of amides is 1. The molecule has 0 fully saturated rings. The number of anilines is 1. The fourth-order valence-electron chi connectivity index (χ4n) is 0.727. The highest BCUT2D eigenvalue weighted by Crippen LogP contribution is 2.12. The van der Waals surface area contributed by atoms with Gasteiger partial charge in [-0.3, -0.25) is 4.79 Å². The second-order valence-electron chi connectivity index (χ2n) is 2.20. The van der Waals surface area contributed by atoms with Gasteiger partial charge in [0.1, 0.15) is 0 Å². The van der Waals surface area contributed by atoms with Gasteiger partial charge in [-0.15, -0.1) is 0 Å². The van der Waals surface area contributed by atoms with Gasteiger partial charge in [-0.1, -0.05) is 18.2 Å². The number of hydrogen-bond donors (Lipinski definition) is 1. The summed E-state index contributed by atoms with van der Waals surface area (Å²) in [5.74, 6) is -0.225. The number of halogens is 1. The third-order valence-corrected chi connectivity index (χ3v) is 1.55. The molecule has 62 valence electrons. The van der Waals surface area contributed by atoms with Gasteiger partial charge < -0.3 is 5.32 Å². The van der Waals surface area contributed by atoms with E-state index in [-0.39, 0.29) is 5.91 Å². The summed E-state index contributed by atoms with van der Waals surface area (Å²) in [7, 11) is 0. The van der Waals surface area contributed by atoms with Gasteiger partial charge in [-0.05, 0) is 30.3 Å². The molecule has 1 aromatic rings. The van der Waals surface area contributed by atoms with Gasteiger partial charge >= 0.3 is 0 Å². The maximum absolute atomic E-state index is 10.8. The highest BCUT2D eigenvalue weighted by molar-refractivity contribution is 6.30. The summed E-state index contributed by atoms with van der Waals surface area (Å²) < 4.78 is 0. The van der Waals surface area contributed by atoms with Crippen molar-refractivity contribution >= 4 is 23.2 Å². The number of hydrogen-bond acceptors (Lipinski definition) is 1. The van der Waals surface area contributed by atoms with Gasteiger partial charge in [0, 0.05) is 10.7 Å². The lowest BCUT2D eigenvalue weighted by atomic mass is 10.0. The second-order valence-corrected chi connectivity index (χ2v) is 2.64. The van der Waals surface area contributed by atoms with Crippen molar-refractivity contribution in [1.29, 1.82) is 0 Å². The predicted molar refractivity (Wildman–Crippen MR) is 50.3 cm³/mol. The van der Waals surface area contributed by atoms with Crippen LogP contribution in [0.1, 0.15) is 0 Å². The minimum absolute atomic E-state index is 0.225. The maximum atomic E-state index is 10.8. The summed E-state index contributed by atoms with van der Waals surface area (Å²) in [6, 6.07) is 6.87. The first kappa shape index (κ1) is 8.81. The Morgan fingerprint density at radius 2 is 2.00 bits per heavy atom. The van der Waals surface area contributed by atoms with Crippen LogP contribution in [0.5, 0.6) is 0 Å². The molecule has 0 aliphatic rings. The van der Waals surface area contributed by atoms with Crippen molar-refractivity contribution in [2.75, 3.05) is 5.32 Å². The summed E-state index contributed by atoms with van der Waals surface area (Å²) in [6.45, 7) is 3.34. The molecular formula is C9H8ClNO. The first-order chi connectivity index (χ1) is 5.72. The van der Waals surface area contributed by atoms with E-state index in [0.29, 0.717) is 10.7 Å². The van der Waals surface area contributed by atoms with Crippen molar-refractivity contribution in [3.63, 3.8) is 0 Å². The zero-order chi connectivity index (χ0) is 8.97. The zero-order valence-electron chi connectivity index (χ0n) is 6.38. The molecule has 0 heterocycles. The van der Waals surface area contributed by atoms with Crippen molar-refractivity contribution in [2.24, 2.45) is 0 Å². The Morgan fingerprint density at radius 1 is 1.42 bits per heavy atom. The first-order valence-corrected chi connectivity index (χ1v) is 3.79. The lowest BCUT2D eigenvalue weighted by Crippen LogP contribution is -2.06. The molecule has 0 aliphatic carbocycles. The molecule has 0 unspecified atom stereocenters. The molecule has 0 saturated heterocycles. The third-order valence-electron chi connectivity index (χ3n) is 1.30. The van der Waals surface area contributed by atoms with Crippen molar-refractivity contribution in [1.82, 2.24) is 0 Å². The van der Waals surface area contributed by atoms with Crippen LogP contribution in [0.15, 0.2) is 36.9 Å². The Balaban J connectivity index is 2.71. The van der Waals surface area contributed by atoms with Crippen LogP contribution in [0.25, 0.3) is 0 Å². The van der Waals surface area contributed by atoms with Gasteiger partial charge in [0.15, 0.2) is 0 Å². The van der Waals surface area contributed by atoms with Crippen LogP contribution in [0, 0.1) is 0 Å². The van der Waals surface area contributed by atoms with E-state index < -0.39 is 0 Å². The lowest BCUT2D eigenvalue weighted by molar-refractivity contribution is -0.111. The minimum atomic E-state index is -0.225. The molecule has 1 rings (SSSR count). The maximum Gasteiger partial charge on any atom is 0.247 e. The van der Waals surface area contributed by atoms with Gasteiger partial charge in [-0.25, -0.2) is 0 Å². The molecule has 3 heteroatoms. The average molecular weight is 181 g/mol. The summed E-state index contributed by atoms with van der Waals surface area (Å²) in [4.78, 5) is 10.8.